The van der Waals surface area contributed by atoms with Gasteiger partial charge < -0.3 is 10.6 Å². The minimum atomic E-state index is -4.38. The van der Waals surface area contributed by atoms with Crippen molar-refractivity contribution in [3.8, 4) is 0 Å². The van der Waals surface area contributed by atoms with Crippen molar-refractivity contribution in [3.05, 3.63) is 59.4 Å². The van der Waals surface area contributed by atoms with E-state index in [1.807, 2.05) is 0 Å². The first-order valence-electron chi connectivity index (χ1n) is 10.8. The zero-order chi connectivity index (χ0) is 22.7. The molecule has 2 N–H and O–H groups in total. The highest BCUT2D eigenvalue weighted by molar-refractivity contribution is 5.90. The Bertz CT molecular complexity index is 819. The Kier molecular flexibility index (Phi) is 9.82. The molecule has 0 bridgehead atoms. The molecule has 0 radical (unpaired) electrons. The van der Waals surface area contributed by atoms with Gasteiger partial charge in [-0.2, -0.15) is 13.2 Å². The van der Waals surface area contributed by atoms with Crippen LogP contribution in [-0.4, -0.2) is 5.91 Å². The van der Waals surface area contributed by atoms with Crippen molar-refractivity contribution in [3.63, 3.8) is 0 Å². The fourth-order valence-corrected chi connectivity index (χ4v) is 3.21. The lowest BCUT2D eigenvalue weighted by Crippen LogP contribution is -2.11. The van der Waals surface area contributed by atoms with Crippen LogP contribution in [-0.2, 0) is 17.5 Å². The molecule has 0 saturated carbocycles. The van der Waals surface area contributed by atoms with Crippen LogP contribution in [0.3, 0.4) is 0 Å². The maximum atomic E-state index is 14.3. The second-order valence-electron chi connectivity index (χ2n) is 7.66. The molecule has 0 fully saturated rings. The highest BCUT2D eigenvalue weighted by Crippen LogP contribution is 2.29. The Hall–Kier alpha value is -2.57. The van der Waals surface area contributed by atoms with Gasteiger partial charge in [-0.1, -0.05) is 57.6 Å². The highest BCUT2D eigenvalue weighted by atomic mass is 19.4. The number of unbranched alkanes of at least 4 members (excludes halogenated alkanes) is 6. The van der Waals surface area contributed by atoms with Crippen molar-refractivity contribution in [1.29, 1.82) is 0 Å². The van der Waals surface area contributed by atoms with Gasteiger partial charge in [0, 0.05) is 18.7 Å². The number of amides is 1. The number of halogens is 4. The Morgan fingerprint density at radius 3 is 2.16 bits per heavy atom. The quantitative estimate of drug-likeness (QED) is 0.266. The minimum Gasteiger partial charge on any atom is -0.379 e. The molecule has 31 heavy (non-hydrogen) atoms. The summed E-state index contributed by atoms with van der Waals surface area (Å²) < 4.78 is 52.1. The van der Waals surface area contributed by atoms with Crippen LogP contribution in [0, 0.1) is 5.82 Å². The van der Waals surface area contributed by atoms with Crippen LogP contribution >= 0.6 is 0 Å². The zero-order valence-corrected chi connectivity index (χ0v) is 17.8. The smallest absolute Gasteiger partial charge is 0.379 e. The number of hydrogen-bond donors (Lipinski definition) is 2. The van der Waals surface area contributed by atoms with Crippen molar-refractivity contribution in [2.75, 3.05) is 10.6 Å². The molecule has 0 aliphatic heterocycles. The van der Waals surface area contributed by atoms with Crippen LogP contribution in [0.1, 0.15) is 69.4 Å². The Morgan fingerprint density at radius 2 is 1.55 bits per heavy atom. The molecule has 0 aliphatic rings. The third-order valence-electron chi connectivity index (χ3n) is 5.02. The van der Waals surface area contributed by atoms with Crippen molar-refractivity contribution in [2.45, 2.75) is 71.0 Å². The van der Waals surface area contributed by atoms with Crippen LogP contribution in [0.2, 0.25) is 0 Å². The number of benzene rings is 2. The molecule has 3 nitrogen and oxygen atoms in total. The first-order chi connectivity index (χ1) is 14.8. The summed E-state index contributed by atoms with van der Waals surface area (Å²) in [5.74, 6) is -0.681. The number of carbonyl (C=O) groups excluding carboxylic acids is 1. The normalized spacial score (nSPS) is 11.4. The highest BCUT2D eigenvalue weighted by Gasteiger charge is 2.29. The average Bonchev–Trinajstić information content (AvgIpc) is 2.72. The predicted octanol–water partition coefficient (Wildman–Crippen LogP) is 7.54. The molecule has 0 spiro atoms. The first-order valence-corrected chi connectivity index (χ1v) is 10.8. The second kappa shape index (κ2) is 12.3. The van der Waals surface area contributed by atoms with E-state index < -0.39 is 17.6 Å². The van der Waals surface area contributed by atoms with E-state index in [0.717, 1.165) is 31.4 Å². The maximum absolute atomic E-state index is 14.3. The molecule has 2 rings (SSSR count). The summed E-state index contributed by atoms with van der Waals surface area (Å²) in [6.07, 6.45) is 3.87. The largest absolute Gasteiger partial charge is 0.416 e. The summed E-state index contributed by atoms with van der Waals surface area (Å²) in [5, 5.41) is 5.56. The molecule has 0 heterocycles. The predicted molar refractivity (Wildman–Crippen MR) is 116 cm³/mol. The van der Waals surface area contributed by atoms with E-state index >= 15 is 0 Å². The number of anilines is 2. The third kappa shape index (κ3) is 8.99. The van der Waals surface area contributed by atoms with Gasteiger partial charge >= 0.3 is 6.18 Å². The van der Waals surface area contributed by atoms with Gasteiger partial charge in [0.2, 0.25) is 5.91 Å². The van der Waals surface area contributed by atoms with Crippen LogP contribution in [0.15, 0.2) is 42.5 Å². The fourth-order valence-electron chi connectivity index (χ4n) is 3.21. The first kappa shape index (κ1) is 24.7. The van der Waals surface area contributed by atoms with E-state index in [9.17, 15) is 22.4 Å². The Labute approximate surface area is 181 Å². The molecule has 7 heteroatoms. The summed E-state index contributed by atoms with van der Waals surface area (Å²) in [6.45, 7) is 2.36. The molecule has 0 unspecified atom stereocenters. The lowest BCUT2D eigenvalue weighted by Gasteiger charge is -2.11. The summed E-state index contributed by atoms with van der Waals surface area (Å²) in [5.41, 5.74) is 0.467. The van der Waals surface area contributed by atoms with E-state index in [4.69, 9.17) is 0 Å². The standard InChI is InChI=1S/C24H30F4N2O/c1-2-3-4-5-6-7-8-9-23(31)30-20-14-15-22(21(25)16-20)29-17-18-10-12-19(13-11-18)24(26,27)28/h10-16,29H,2-9,17H2,1H3,(H,30,31). The second-order valence-corrected chi connectivity index (χ2v) is 7.66. The number of carbonyl (C=O) groups is 1. The lowest BCUT2D eigenvalue weighted by molar-refractivity contribution is -0.137. The van der Waals surface area contributed by atoms with Gasteiger partial charge in [-0.05, 0) is 42.3 Å². The Balaban J connectivity index is 1.76. The van der Waals surface area contributed by atoms with Crippen molar-refractivity contribution >= 4 is 17.3 Å². The molecule has 2 aromatic carbocycles. The summed E-state index contributed by atoms with van der Waals surface area (Å²) in [6, 6.07) is 9.04. The molecule has 0 atom stereocenters. The van der Waals surface area contributed by atoms with Gasteiger partial charge in [-0.15, -0.1) is 0 Å². The summed E-state index contributed by atoms with van der Waals surface area (Å²) in [4.78, 5) is 12.0. The summed E-state index contributed by atoms with van der Waals surface area (Å²) >= 11 is 0. The Morgan fingerprint density at radius 1 is 0.903 bits per heavy atom. The minimum absolute atomic E-state index is 0.140. The van der Waals surface area contributed by atoms with Gasteiger partial charge in [-0.3, -0.25) is 4.79 Å². The van der Waals surface area contributed by atoms with E-state index in [2.05, 4.69) is 17.6 Å². The molecule has 0 aliphatic carbocycles. The molecule has 0 aromatic heterocycles. The summed E-state index contributed by atoms with van der Waals surface area (Å²) in [7, 11) is 0. The number of rotatable bonds is 12. The van der Waals surface area contributed by atoms with Gasteiger partial charge in [0.1, 0.15) is 5.82 Å². The number of hydrogen-bond acceptors (Lipinski definition) is 2. The third-order valence-corrected chi connectivity index (χ3v) is 5.02. The molecular formula is C24H30F4N2O. The van der Waals surface area contributed by atoms with E-state index in [-0.39, 0.29) is 18.1 Å². The van der Waals surface area contributed by atoms with Gasteiger partial charge in [0.25, 0.3) is 0 Å². The van der Waals surface area contributed by atoms with Crippen LogP contribution in [0.25, 0.3) is 0 Å². The molecule has 1 amide bonds. The molecular weight excluding hydrogens is 408 g/mol. The van der Waals surface area contributed by atoms with Crippen molar-refractivity contribution in [2.24, 2.45) is 0 Å². The van der Waals surface area contributed by atoms with Crippen LogP contribution < -0.4 is 10.6 Å². The fraction of sp³-hybridized carbons (Fsp3) is 0.458. The van der Waals surface area contributed by atoms with Crippen LogP contribution in [0.4, 0.5) is 28.9 Å². The SMILES string of the molecule is CCCCCCCCCC(=O)Nc1ccc(NCc2ccc(C(F)(F)F)cc2)c(F)c1. The van der Waals surface area contributed by atoms with Crippen LogP contribution in [0.5, 0.6) is 0 Å². The number of alkyl halides is 3. The molecule has 0 saturated heterocycles. The topological polar surface area (TPSA) is 41.1 Å². The van der Waals surface area contributed by atoms with Gasteiger partial charge in [0.05, 0.1) is 11.3 Å². The zero-order valence-electron chi connectivity index (χ0n) is 17.8. The average molecular weight is 439 g/mol. The maximum Gasteiger partial charge on any atom is 0.416 e. The van der Waals surface area contributed by atoms with E-state index in [1.165, 1.54) is 49.9 Å². The monoisotopic (exact) mass is 438 g/mol. The van der Waals surface area contributed by atoms with E-state index in [0.29, 0.717) is 17.7 Å². The van der Waals surface area contributed by atoms with E-state index in [1.54, 1.807) is 6.07 Å². The van der Waals surface area contributed by atoms with Gasteiger partial charge in [0.15, 0.2) is 0 Å². The molecule has 2 aromatic rings. The lowest BCUT2D eigenvalue weighted by atomic mass is 10.1. The molecule has 170 valence electrons. The van der Waals surface area contributed by atoms with Crippen molar-refractivity contribution in [1.82, 2.24) is 0 Å². The van der Waals surface area contributed by atoms with Gasteiger partial charge in [-0.25, -0.2) is 4.39 Å². The number of nitrogens with one attached hydrogen (secondary N) is 2. The van der Waals surface area contributed by atoms with Crippen molar-refractivity contribution < 1.29 is 22.4 Å².